The third-order valence-electron chi connectivity index (χ3n) is 3.66. The summed E-state index contributed by atoms with van der Waals surface area (Å²) in [7, 11) is -3.33. The van der Waals surface area contributed by atoms with E-state index in [4.69, 9.17) is 11.6 Å². The molecule has 0 amide bonds. The van der Waals surface area contributed by atoms with E-state index in [9.17, 15) is 8.42 Å². The maximum absolute atomic E-state index is 12.1. The summed E-state index contributed by atoms with van der Waals surface area (Å²) in [6, 6.07) is 5.34. The molecule has 0 bridgehead atoms. The van der Waals surface area contributed by atoms with Crippen LogP contribution in [0.4, 0.5) is 0 Å². The van der Waals surface area contributed by atoms with Crippen molar-refractivity contribution in [2.24, 2.45) is 4.99 Å². The zero-order valence-electron chi connectivity index (χ0n) is 11.9. The first-order chi connectivity index (χ1) is 9.89. The predicted octanol–water partition coefficient (Wildman–Crippen LogP) is 2.01. The maximum Gasteiger partial charge on any atom is 0.177 e. The van der Waals surface area contributed by atoms with E-state index in [0.29, 0.717) is 27.5 Å². The molecule has 7 heteroatoms. The van der Waals surface area contributed by atoms with Crippen LogP contribution in [0.3, 0.4) is 0 Å². The van der Waals surface area contributed by atoms with Crippen molar-refractivity contribution < 1.29 is 8.42 Å². The molecule has 0 saturated heterocycles. The Kier molecular flexibility index (Phi) is 3.45. The van der Waals surface area contributed by atoms with Gasteiger partial charge in [0.1, 0.15) is 5.84 Å². The first kappa shape index (κ1) is 14.4. The Hall–Kier alpha value is -1.53. The minimum absolute atomic E-state index is 0.346. The van der Waals surface area contributed by atoms with Crippen molar-refractivity contribution in [3.63, 3.8) is 0 Å². The third-order valence-corrected chi connectivity index (χ3v) is 5.22. The minimum atomic E-state index is -3.33. The summed E-state index contributed by atoms with van der Waals surface area (Å²) in [6.07, 6.45) is 1.23. The van der Waals surface area contributed by atoms with Crippen LogP contribution in [0.2, 0.25) is 5.02 Å². The monoisotopic (exact) mass is 325 g/mol. The highest BCUT2D eigenvalue weighted by atomic mass is 35.5. The molecule has 1 N–H and O–H groups in total. The fraction of sp³-hybridized carbons (Fsp3) is 0.357. The molecule has 1 aromatic carbocycles. The van der Waals surface area contributed by atoms with E-state index in [1.165, 1.54) is 6.26 Å². The normalized spacial score (nSPS) is 15.3. The third kappa shape index (κ3) is 2.42. The predicted molar refractivity (Wildman–Crippen MR) is 85.1 cm³/mol. The van der Waals surface area contributed by atoms with Gasteiger partial charge in [-0.2, -0.15) is 0 Å². The SMILES string of the molecule is Cc1c(S(C)(=O)=O)c2cccc(Cl)c2n1CC1=NCCN1. The molecule has 3 rings (SSSR count). The van der Waals surface area contributed by atoms with Crippen molar-refractivity contribution in [1.29, 1.82) is 0 Å². The number of sulfone groups is 1. The summed E-state index contributed by atoms with van der Waals surface area (Å²) in [4.78, 5) is 4.72. The van der Waals surface area contributed by atoms with E-state index in [0.717, 1.165) is 24.4 Å². The maximum atomic E-state index is 12.1. The lowest BCUT2D eigenvalue weighted by atomic mass is 10.2. The first-order valence-corrected chi connectivity index (χ1v) is 8.91. The molecule has 21 heavy (non-hydrogen) atoms. The smallest absolute Gasteiger partial charge is 0.177 e. The summed E-state index contributed by atoms with van der Waals surface area (Å²) >= 11 is 6.31. The highest BCUT2D eigenvalue weighted by Gasteiger charge is 2.23. The molecule has 0 fully saturated rings. The number of hydrogen-bond donors (Lipinski definition) is 1. The number of amidine groups is 1. The fourth-order valence-electron chi connectivity index (χ4n) is 2.83. The van der Waals surface area contributed by atoms with Crippen molar-refractivity contribution in [1.82, 2.24) is 9.88 Å². The van der Waals surface area contributed by atoms with Gasteiger partial charge in [0.2, 0.25) is 0 Å². The molecule has 1 aliphatic heterocycles. The Morgan fingerprint density at radius 1 is 1.43 bits per heavy atom. The largest absolute Gasteiger partial charge is 0.370 e. The molecule has 1 aromatic heterocycles. The van der Waals surface area contributed by atoms with Crippen molar-refractivity contribution in [2.75, 3.05) is 19.3 Å². The standard InChI is InChI=1S/C14H16ClN3O2S/c1-9-14(21(2,19)20)10-4-3-5-11(15)13(10)18(9)8-12-16-6-7-17-12/h3-5H,6-8H2,1-2H3,(H,16,17). The first-order valence-electron chi connectivity index (χ1n) is 6.64. The van der Waals surface area contributed by atoms with Crippen LogP contribution in [0, 0.1) is 6.92 Å². The molecular weight excluding hydrogens is 310 g/mol. The van der Waals surface area contributed by atoms with Gasteiger partial charge in [0.15, 0.2) is 9.84 Å². The molecule has 2 heterocycles. The van der Waals surface area contributed by atoms with Gasteiger partial charge in [-0.3, -0.25) is 4.99 Å². The van der Waals surface area contributed by atoms with E-state index >= 15 is 0 Å². The van der Waals surface area contributed by atoms with E-state index in [1.807, 2.05) is 11.5 Å². The van der Waals surface area contributed by atoms with Crippen molar-refractivity contribution in [2.45, 2.75) is 18.4 Å². The zero-order valence-corrected chi connectivity index (χ0v) is 13.4. The average molecular weight is 326 g/mol. The lowest BCUT2D eigenvalue weighted by molar-refractivity contribution is 0.601. The van der Waals surface area contributed by atoms with Crippen molar-refractivity contribution in [3.8, 4) is 0 Å². The van der Waals surface area contributed by atoms with Gasteiger partial charge < -0.3 is 9.88 Å². The quantitative estimate of drug-likeness (QED) is 0.939. The summed E-state index contributed by atoms with van der Waals surface area (Å²) in [6.45, 7) is 3.88. The molecule has 0 saturated carbocycles. The Balaban J connectivity index is 2.30. The molecule has 0 spiro atoms. The van der Waals surface area contributed by atoms with E-state index < -0.39 is 9.84 Å². The van der Waals surface area contributed by atoms with Gasteiger partial charge in [-0.15, -0.1) is 0 Å². The van der Waals surface area contributed by atoms with Gasteiger partial charge in [0, 0.05) is 23.9 Å². The number of nitrogens with one attached hydrogen (secondary N) is 1. The Labute approximate surface area is 128 Å². The lowest BCUT2D eigenvalue weighted by Gasteiger charge is -2.09. The Morgan fingerprint density at radius 2 is 2.19 bits per heavy atom. The molecular formula is C14H16ClN3O2S. The van der Waals surface area contributed by atoms with Crippen LogP contribution >= 0.6 is 11.6 Å². The summed E-state index contributed by atoms with van der Waals surface area (Å²) in [5.74, 6) is 0.856. The second-order valence-electron chi connectivity index (χ2n) is 5.16. The summed E-state index contributed by atoms with van der Waals surface area (Å²) in [5.41, 5.74) is 1.44. The number of hydrogen-bond acceptors (Lipinski definition) is 4. The zero-order chi connectivity index (χ0) is 15.2. The van der Waals surface area contributed by atoms with Crippen molar-refractivity contribution >= 4 is 38.2 Å². The van der Waals surface area contributed by atoms with Crippen molar-refractivity contribution in [3.05, 3.63) is 28.9 Å². The Morgan fingerprint density at radius 3 is 2.81 bits per heavy atom. The van der Waals surface area contributed by atoms with Gasteiger partial charge in [-0.05, 0) is 13.0 Å². The number of rotatable bonds is 3. The van der Waals surface area contributed by atoms with Gasteiger partial charge in [-0.1, -0.05) is 23.7 Å². The van der Waals surface area contributed by atoms with Crippen LogP contribution in [0.15, 0.2) is 28.1 Å². The summed E-state index contributed by atoms with van der Waals surface area (Å²) < 4.78 is 26.2. The second kappa shape index (κ2) is 5.03. The number of aliphatic imine (C=N–C) groups is 1. The van der Waals surface area contributed by atoms with Gasteiger partial charge in [-0.25, -0.2) is 8.42 Å². The molecule has 0 unspecified atom stereocenters. The molecule has 2 aromatic rings. The molecule has 0 aliphatic carbocycles. The number of fused-ring (bicyclic) bond motifs is 1. The molecule has 0 atom stereocenters. The Bertz CT molecular complexity index is 853. The molecule has 0 radical (unpaired) electrons. The van der Waals surface area contributed by atoms with Crippen LogP contribution in [0.1, 0.15) is 5.69 Å². The molecule has 1 aliphatic rings. The van der Waals surface area contributed by atoms with Gasteiger partial charge >= 0.3 is 0 Å². The summed E-state index contributed by atoms with van der Waals surface area (Å²) in [5, 5.41) is 4.41. The molecule has 5 nitrogen and oxygen atoms in total. The highest BCUT2D eigenvalue weighted by molar-refractivity contribution is 7.91. The van der Waals surface area contributed by atoms with Gasteiger partial charge in [0.25, 0.3) is 0 Å². The number of nitrogens with zero attached hydrogens (tertiary/aromatic N) is 2. The second-order valence-corrected chi connectivity index (χ2v) is 7.52. The van der Waals surface area contributed by atoms with E-state index in [-0.39, 0.29) is 0 Å². The van der Waals surface area contributed by atoms with Crippen LogP contribution in [-0.2, 0) is 16.4 Å². The minimum Gasteiger partial charge on any atom is -0.370 e. The van der Waals surface area contributed by atoms with Gasteiger partial charge in [0.05, 0.1) is 28.5 Å². The van der Waals surface area contributed by atoms with E-state index in [1.54, 1.807) is 18.2 Å². The average Bonchev–Trinajstić information content (AvgIpc) is 2.97. The fourth-order valence-corrected chi connectivity index (χ4v) is 4.31. The lowest BCUT2D eigenvalue weighted by Crippen LogP contribution is -2.24. The number of aromatic nitrogens is 1. The van der Waals surface area contributed by atoms with Crippen LogP contribution in [-0.4, -0.2) is 38.2 Å². The topological polar surface area (TPSA) is 63.5 Å². The number of benzene rings is 1. The van der Waals surface area contributed by atoms with Crippen LogP contribution in [0.25, 0.3) is 10.9 Å². The molecule has 112 valence electrons. The van der Waals surface area contributed by atoms with Crippen LogP contribution in [0.5, 0.6) is 0 Å². The van der Waals surface area contributed by atoms with Crippen LogP contribution < -0.4 is 5.32 Å². The van der Waals surface area contributed by atoms with E-state index in [2.05, 4.69) is 10.3 Å². The number of para-hydroxylation sites is 1. The number of halogens is 1. The highest BCUT2D eigenvalue weighted by Crippen LogP contribution is 2.34.